The maximum atomic E-state index is 6.11. The quantitative estimate of drug-likeness (QED) is 0.852. The Kier molecular flexibility index (Phi) is 3.29. The molecule has 0 radical (unpaired) electrons. The Morgan fingerprint density at radius 3 is 2.35 bits per heavy atom. The van der Waals surface area contributed by atoms with Gasteiger partial charge in [-0.2, -0.15) is 0 Å². The van der Waals surface area contributed by atoms with E-state index in [2.05, 4.69) is 6.07 Å². The molecule has 0 atom stereocenters. The first-order valence-electron chi connectivity index (χ1n) is 6.08. The summed E-state index contributed by atoms with van der Waals surface area (Å²) in [6, 6.07) is 4.10. The second-order valence-corrected chi connectivity index (χ2v) is 5.00. The van der Waals surface area contributed by atoms with E-state index < -0.39 is 0 Å². The van der Waals surface area contributed by atoms with Gasteiger partial charge in [0.2, 0.25) is 0 Å². The average Bonchev–Trinajstić information content (AvgIpc) is 3.05. The highest BCUT2D eigenvalue weighted by Gasteiger charge is 2.37. The van der Waals surface area contributed by atoms with E-state index in [1.54, 1.807) is 14.2 Å². The van der Waals surface area contributed by atoms with Crippen LogP contribution in [0.1, 0.15) is 30.4 Å². The molecule has 0 heterocycles. The van der Waals surface area contributed by atoms with Crippen LogP contribution < -0.4 is 15.2 Å². The fourth-order valence-corrected chi connectivity index (χ4v) is 2.10. The molecule has 1 aliphatic carbocycles. The monoisotopic (exact) mass is 235 g/mol. The van der Waals surface area contributed by atoms with Crippen LogP contribution in [0, 0.1) is 6.92 Å². The average molecular weight is 235 g/mol. The molecule has 0 spiro atoms. The highest BCUT2D eigenvalue weighted by Crippen LogP contribution is 2.38. The maximum Gasteiger partial charge on any atom is 0.122 e. The van der Waals surface area contributed by atoms with Gasteiger partial charge in [0.25, 0.3) is 0 Å². The van der Waals surface area contributed by atoms with Crippen molar-refractivity contribution in [2.24, 2.45) is 5.73 Å². The van der Waals surface area contributed by atoms with Gasteiger partial charge in [0.1, 0.15) is 11.5 Å². The summed E-state index contributed by atoms with van der Waals surface area (Å²) < 4.78 is 10.8. The number of benzene rings is 1. The van der Waals surface area contributed by atoms with Gasteiger partial charge in [-0.3, -0.25) is 0 Å². The molecule has 1 saturated carbocycles. The number of hydrogen-bond acceptors (Lipinski definition) is 3. The van der Waals surface area contributed by atoms with Crippen molar-refractivity contribution in [1.82, 2.24) is 0 Å². The summed E-state index contributed by atoms with van der Waals surface area (Å²) in [4.78, 5) is 0. The van der Waals surface area contributed by atoms with Crippen LogP contribution in [0.2, 0.25) is 0 Å². The summed E-state index contributed by atoms with van der Waals surface area (Å²) in [5.74, 6) is 1.86. The Balaban J connectivity index is 2.17. The summed E-state index contributed by atoms with van der Waals surface area (Å²) in [7, 11) is 3.41. The molecule has 94 valence electrons. The van der Waals surface area contributed by atoms with Crippen LogP contribution in [0.4, 0.5) is 0 Å². The molecule has 3 heteroatoms. The van der Waals surface area contributed by atoms with Crippen molar-refractivity contribution < 1.29 is 9.47 Å². The predicted molar refractivity (Wildman–Crippen MR) is 68.8 cm³/mol. The van der Waals surface area contributed by atoms with Gasteiger partial charge in [0.05, 0.1) is 14.2 Å². The zero-order valence-electron chi connectivity index (χ0n) is 10.9. The molecule has 1 aliphatic rings. The molecule has 0 unspecified atom stereocenters. The summed E-state index contributed by atoms with van der Waals surface area (Å²) in [5, 5.41) is 0. The van der Waals surface area contributed by atoms with Crippen LogP contribution >= 0.6 is 0 Å². The molecule has 17 heavy (non-hydrogen) atoms. The Morgan fingerprint density at radius 2 is 1.82 bits per heavy atom. The minimum Gasteiger partial charge on any atom is -0.496 e. The van der Waals surface area contributed by atoms with E-state index in [9.17, 15) is 0 Å². The van der Waals surface area contributed by atoms with Crippen molar-refractivity contribution in [3.05, 3.63) is 23.3 Å². The number of methoxy groups -OCH3 is 2. The topological polar surface area (TPSA) is 44.5 Å². The third-order valence-corrected chi connectivity index (χ3v) is 3.58. The molecule has 2 N–H and O–H groups in total. The zero-order chi connectivity index (χ0) is 12.5. The van der Waals surface area contributed by atoms with E-state index in [1.807, 2.05) is 13.0 Å². The van der Waals surface area contributed by atoms with Crippen molar-refractivity contribution in [2.75, 3.05) is 14.2 Å². The summed E-state index contributed by atoms with van der Waals surface area (Å²) in [6.45, 7) is 2.02. The second-order valence-electron chi connectivity index (χ2n) is 5.00. The van der Waals surface area contributed by atoms with Crippen molar-refractivity contribution in [1.29, 1.82) is 0 Å². The van der Waals surface area contributed by atoms with Gasteiger partial charge in [-0.1, -0.05) is 0 Å². The predicted octanol–water partition coefficient (Wildman–Crippen LogP) is 2.44. The van der Waals surface area contributed by atoms with E-state index in [4.69, 9.17) is 15.2 Å². The number of hydrogen-bond donors (Lipinski definition) is 1. The van der Waals surface area contributed by atoms with E-state index in [1.165, 1.54) is 5.56 Å². The van der Waals surface area contributed by atoms with Crippen molar-refractivity contribution in [3.63, 3.8) is 0 Å². The van der Waals surface area contributed by atoms with E-state index >= 15 is 0 Å². The molecule has 0 aromatic heterocycles. The molecular weight excluding hydrogens is 214 g/mol. The van der Waals surface area contributed by atoms with Crippen LogP contribution in [-0.4, -0.2) is 19.8 Å². The molecule has 0 aliphatic heterocycles. The normalized spacial score (nSPS) is 16.7. The minimum atomic E-state index is 0.0864. The van der Waals surface area contributed by atoms with Gasteiger partial charge >= 0.3 is 0 Å². The first-order chi connectivity index (χ1) is 8.08. The Morgan fingerprint density at radius 1 is 1.18 bits per heavy atom. The van der Waals surface area contributed by atoms with Gasteiger partial charge in [-0.05, 0) is 55.9 Å². The molecular formula is C14H21NO2. The highest BCUT2D eigenvalue weighted by molar-refractivity contribution is 5.46. The van der Waals surface area contributed by atoms with Gasteiger partial charge in [0.15, 0.2) is 0 Å². The standard InChI is InChI=1S/C14H21NO2/c1-10-8-13(17-3)11(9-12(10)16-2)4-5-14(15)6-7-14/h8-9H,4-7,15H2,1-3H3. The van der Waals surface area contributed by atoms with Crippen LogP contribution in [0.15, 0.2) is 12.1 Å². The number of ether oxygens (including phenoxy) is 2. The molecule has 2 rings (SSSR count). The molecule has 1 fully saturated rings. The number of aryl methyl sites for hydroxylation is 2. The number of rotatable bonds is 5. The first kappa shape index (κ1) is 12.2. The SMILES string of the molecule is COc1cc(CCC2(N)CC2)c(OC)cc1C. The number of nitrogens with two attached hydrogens (primary N) is 1. The molecule has 3 nitrogen and oxygen atoms in total. The fraction of sp³-hybridized carbons (Fsp3) is 0.571. The van der Waals surface area contributed by atoms with Crippen LogP contribution in [0.3, 0.4) is 0 Å². The molecule has 1 aromatic rings. The van der Waals surface area contributed by atoms with E-state index in [-0.39, 0.29) is 5.54 Å². The molecule has 0 bridgehead atoms. The fourth-order valence-electron chi connectivity index (χ4n) is 2.10. The lowest BCUT2D eigenvalue weighted by atomic mass is 10.0. The molecule has 1 aromatic carbocycles. The lowest BCUT2D eigenvalue weighted by Crippen LogP contribution is -2.22. The third-order valence-electron chi connectivity index (χ3n) is 3.58. The lowest BCUT2D eigenvalue weighted by Gasteiger charge is -2.14. The summed E-state index contributed by atoms with van der Waals surface area (Å²) in [6.07, 6.45) is 4.28. The van der Waals surface area contributed by atoms with Gasteiger partial charge < -0.3 is 15.2 Å². The Bertz CT molecular complexity index is 411. The Hall–Kier alpha value is -1.22. The van der Waals surface area contributed by atoms with E-state index in [0.717, 1.165) is 42.7 Å². The van der Waals surface area contributed by atoms with Gasteiger partial charge in [-0.15, -0.1) is 0 Å². The van der Waals surface area contributed by atoms with Crippen LogP contribution in [-0.2, 0) is 6.42 Å². The minimum absolute atomic E-state index is 0.0864. The molecule has 0 amide bonds. The van der Waals surface area contributed by atoms with Crippen molar-refractivity contribution in [3.8, 4) is 11.5 Å². The Labute approximate surface area is 103 Å². The van der Waals surface area contributed by atoms with Gasteiger partial charge in [0, 0.05) is 5.54 Å². The van der Waals surface area contributed by atoms with Crippen molar-refractivity contribution in [2.45, 2.75) is 38.1 Å². The van der Waals surface area contributed by atoms with Crippen molar-refractivity contribution >= 4 is 0 Å². The third kappa shape index (κ3) is 2.72. The lowest BCUT2D eigenvalue weighted by molar-refractivity contribution is 0.395. The smallest absolute Gasteiger partial charge is 0.122 e. The maximum absolute atomic E-state index is 6.11. The zero-order valence-corrected chi connectivity index (χ0v) is 10.9. The largest absolute Gasteiger partial charge is 0.496 e. The highest BCUT2D eigenvalue weighted by atomic mass is 16.5. The van der Waals surface area contributed by atoms with Gasteiger partial charge in [-0.25, -0.2) is 0 Å². The van der Waals surface area contributed by atoms with Crippen LogP contribution in [0.5, 0.6) is 11.5 Å². The summed E-state index contributed by atoms with van der Waals surface area (Å²) >= 11 is 0. The second kappa shape index (κ2) is 4.57. The van der Waals surface area contributed by atoms with Crippen LogP contribution in [0.25, 0.3) is 0 Å². The molecule has 0 saturated heterocycles. The summed E-state index contributed by atoms with van der Waals surface area (Å²) in [5.41, 5.74) is 8.49. The first-order valence-corrected chi connectivity index (χ1v) is 6.08. The van der Waals surface area contributed by atoms with E-state index in [0.29, 0.717) is 0 Å².